The number of para-hydroxylation sites is 3. The molecule has 25 heavy (non-hydrogen) atoms. The van der Waals surface area contributed by atoms with Crippen LogP contribution >= 0.6 is 0 Å². The van der Waals surface area contributed by atoms with E-state index in [2.05, 4.69) is 10.3 Å². The predicted octanol–water partition coefficient (Wildman–Crippen LogP) is 4.84. The molecule has 0 aliphatic carbocycles. The Balaban J connectivity index is 1.56. The predicted molar refractivity (Wildman–Crippen MR) is 98.8 cm³/mol. The van der Waals surface area contributed by atoms with Gasteiger partial charge < -0.3 is 10.1 Å². The molecule has 0 atom stereocenters. The molecule has 3 aromatic rings. The lowest BCUT2D eigenvalue weighted by atomic mass is 10.1. The molecule has 1 aromatic heterocycles. The molecule has 0 saturated carbocycles. The fourth-order valence-corrected chi connectivity index (χ4v) is 2.49. The molecule has 4 heteroatoms. The van der Waals surface area contributed by atoms with Crippen molar-refractivity contribution < 1.29 is 9.53 Å². The van der Waals surface area contributed by atoms with Crippen LogP contribution in [0.15, 0.2) is 79.1 Å². The minimum atomic E-state index is -0.0204. The summed E-state index contributed by atoms with van der Waals surface area (Å²) in [5.74, 6) is 1.35. The number of benzene rings is 2. The first kappa shape index (κ1) is 16.7. The van der Waals surface area contributed by atoms with Crippen LogP contribution in [0.3, 0.4) is 0 Å². The van der Waals surface area contributed by atoms with Crippen LogP contribution < -0.4 is 10.1 Å². The third-order valence-electron chi connectivity index (χ3n) is 3.72. The maximum atomic E-state index is 12.2. The molecule has 3 rings (SSSR count). The van der Waals surface area contributed by atoms with Gasteiger partial charge in [0.05, 0.1) is 5.69 Å². The van der Waals surface area contributed by atoms with E-state index in [1.165, 1.54) is 0 Å². The summed E-state index contributed by atoms with van der Waals surface area (Å²) in [5.41, 5.74) is 1.82. The number of aryl methyl sites for hydroxylation is 1. The Morgan fingerprint density at radius 2 is 1.76 bits per heavy atom. The third kappa shape index (κ3) is 5.18. The Bertz CT molecular complexity index is 804. The van der Waals surface area contributed by atoms with Gasteiger partial charge in [-0.05, 0) is 48.7 Å². The fourth-order valence-electron chi connectivity index (χ4n) is 2.49. The Labute approximate surface area is 147 Å². The van der Waals surface area contributed by atoms with Gasteiger partial charge in [0, 0.05) is 18.8 Å². The van der Waals surface area contributed by atoms with E-state index in [4.69, 9.17) is 4.74 Å². The summed E-state index contributed by atoms with van der Waals surface area (Å²) in [6, 6.07) is 20.9. The Morgan fingerprint density at radius 3 is 2.56 bits per heavy atom. The highest BCUT2D eigenvalue weighted by Crippen LogP contribution is 2.29. The van der Waals surface area contributed by atoms with Crippen LogP contribution in [0.2, 0.25) is 0 Å². The van der Waals surface area contributed by atoms with E-state index < -0.39 is 0 Å². The third-order valence-corrected chi connectivity index (χ3v) is 3.72. The van der Waals surface area contributed by atoms with Crippen LogP contribution in [0.25, 0.3) is 0 Å². The lowest BCUT2D eigenvalue weighted by Gasteiger charge is -2.12. The lowest BCUT2D eigenvalue weighted by molar-refractivity contribution is -0.116. The molecule has 1 N–H and O–H groups in total. The van der Waals surface area contributed by atoms with Crippen LogP contribution in [0.1, 0.15) is 18.4 Å². The van der Waals surface area contributed by atoms with Gasteiger partial charge in [-0.3, -0.25) is 9.78 Å². The van der Waals surface area contributed by atoms with Crippen molar-refractivity contribution in [3.05, 3.63) is 84.7 Å². The van der Waals surface area contributed by atoms with Crippen molar-refractivity contribution in [1.29, 1.82) is 0 Å². The number of aromatic nitrogens is 1. The molecule has 0 radical (unpaired) electrons. The first-order valence-corrected chi connectivity index (χ1v) is 8.32. The van der Waals surface area contributed by atoms with Gasteiger partial charge in [-0.25, -0.2) is 0 Å². The van der Waals surface area contributed by atoms with Crippen LogP contribution in [0, 0.1) is 0 Å². The van der Waals surface area contributed by atoms with Crippen molar-refractivity contribution in [2.24, 2.45) is 0 Å². The molecule has 0 unspecified atom stereocenters. The number of ether oxygens (including phenoxy) is 1. The number of nitrogens with zero attached hydrogens (tertiary/aromatic N) is 1. The van der Waals surface area contributed by atoms with E-state index >= 15 is 0 Å². The normalized spacial score (nSPS) is 10.2. The number of pyridine rings is 1. The van der Waals surface area contributed by atoms with Gasteiger partial charge in [0.25, 0.3) is 0 Å². The average molecular weight is 332 g/mol. The second-order valence-electron chi connectivity index (χ2n) is 5.67. The standard InChI is InChI=1S/C21H20N2O2/c24-21(14-6-8-17-9-7-15-22-16-17)23-19-12-4-5-13-20(19)25-18-10-2-1-3-11-18/h1-5,7,9-13,15-16H,6,8,14H2,(H,23,24). The molecule has 1 amide bonds. The minimum Gasteiger partial charge on any atom is -0.455 e. The highest BCUT2D eigenvalue weighted by Gasteiger charge is 2.08. The molecule has 4 nitrogen and oxygen atoms in total. The van der Waals surface area contributed by atoms with Crippen molar-refractivity contribution in [2.45, 2.75) is 19.3 Å². The zero-order chi connectivity index (χ0) is 17.3. The van der Waals surface area contributed by atoms with Crippen molar-refractivity contribution in [2.75, 3.05) is 5.32 Å². The van der Waals surface area contributed by atoms with E-state index in [0.717, 1.165) is 24.2 Å². The number of anilines is 1. The topological polar surface area (TPSA) is 51.2 Å². The molecular weight excluding hydrogens is 312 g/mol. The number of amides is 1. The van der Waals surface area contributed by atoms with E-state index in [1.54, 1.807) is 6.20 Å². The van der Waals surface area contributed by atoms with Crippen LogP contribution in [-0.2, 0) is 11.2 Å². The summed E-state index contributed by atoms with van der Waals surface area (Å²) in [6.07, 6.45) is 5.65. The van der Waals surface area contributed by atoms with Gasteiger partial charge in [0.2, 0.25) is 5.91 Å². The number of nitrogens with one attached hydrogen (secondary N) is 1. The smallest absolute Gasteiger partial charge is 0.224 e. The summed E-state index contributed by atoms with van der Waals surface area (Å²) < 4.78 is 5.86. The Kier molecular flexibility index (Phi) is 5.77. The number of hydrogen-bond acceptors (Lipinski definition) is 3. The molecule has 0 saturated heterocycles. The summed E-state index contributed by atoms with van der Waals surface area (Å²) in [6.45, 7) is 0. The van der Waals surface area contributed by atoms with E-state index in [-0.39, 0.29) is 5.91 Å². The number of hydrogen-bond donors (Lipinski definition) is 1. The second kappa shape index (κ2) is 8.64. The SMILES string of the molecule is O=C(CCCc1cccnc1)Nc1ccccc1Oc1ccccc1. The molecular formula is C21H20N2O2. The van der Waals surface area contributed by atoms with Gasteiger partial charge in [0.15, 0.2) is 5.75 Å². The first-order valence-electron chi connectivity index (χ1n) is 8.32. The molecule has 126 valence electrons. The Morgan fingerprint density at radius 1 is 0.960 bits per heavy atom. The number of rotatable bonds is 7. The quantitative estimate of drug-likeness (QED) is 0.674. The van der Waals surface area contributed by atoms with Crippen molar-refractivity contribution in [3.8, 4) is 11.5 Å². The van der Waals surface area contributed by atoms with Crippen molar-refractivity contribution >= 4 is 11.6 Å². The fraction of sp³-hybridized carbons (Fsp3) is 0.143. The average Bonchev–Trinajstić information content (AvgIpc) is 2.65. The van der Waals surface area contributed by atoms with E-state index in [9.17, 15) is 4.79 Å². The summed E-state index contributed by atoms with van der Waals surface area (Å²) in [7, 11) is 0. The molecule has 1 heterocycles. The van der Waals surface area contributed by atoms with Gasteiger partial charge in [-0.15, -0.1) is 0 Å². The summed E-state index contributed by atoms with van der Waals surface area (Å²) >= 11 is 0. The zero-order valence-electron chi connectivity index (χ0n) is 13.9. The van der Waals surface area contributed by atoms with Crippen molar-refractivity contribution in [3.63, 3.8) is 0 Å². The summed E-state index contributed by atoms with van der Waals surface area (Å²) in [4.78, 5) is 16.3. The van der Waals surface area contributed by atoms with Crippen LogP contribution in [0.5, 0.6) is 11.5 Å². The maximum Gasteiger partial charge on any atom is 0.224 e. The minimum absolute atomic E-state index is 0.0204. The highest BCUT2D eigenvalue weighted by molar-refractivity contribution is 5.92. The van der Waals surface area contributed by atoms with Gasteiger partial charge >= 0.3 is 0 Å². The lowest BCUT2D eigenvalue weighted by Crippen LogP contribution is -2.12. The molecule has 0 aliphatic heterocycles. The van der Waals surface area contributed by atoms with E-state index in [0.29, 0.717) is 17.9 Å². The van der Waals surface area contributed by atoms with Gasteiger partial charge in [-0.1, -0.05) is 36.4 Å². The molecule has 2 aromatic carbocycles. The molecule has 0 spiro atoms. The number of carbonyl (C=O) groups excluding carboxylic acids is 1. The second-order valence-corrected chi connectivity index (χ2v) is 5.67. The van der Waals surface area contributed by atoms with Crippen LogP contribution in [-0.4, -0.2) is 10.9 Å². The van der Waals surface area contributed by atoms with Crippen molar-refractivity contribution in [1.82, 2.24) is 4.98 Å². The molecule has 0 bridgehead atoms. The zero-order valence-corrected chi connectivity index (χ0v) is 13.9. The van der Waals surface area contributed by atoms with Crippen LogP contribution in [0.4, 0.5) is 5.69 Å². The van der Waals surface area contributed by atoms with Gasteiger partial charge in [-0.2, -0.15) is 0 Å². The molecule has 0 aliphatic rings. The monoisotopic (exact) mass is 332 g/mol. The first-order chi connectivity index (χ1) is 12.3. The maximum absolute atomic E-state index is 12.2. The van der Waals surface area contributed by atoms with Gasteiger partial charge in [0.1, 0.15) is 5.75 Å². The Hall–Kier alpha value is -3.14. The highest BCUT2D eigenvalue weighted by atomic mass is 16.5. The summed E-state index contributed by atoms with van der Waals surface area (Å²) in [5, 5.41) is 2.94. The number of carbonyl (C=O) groups is 1. The molecule has 0 fully saturated rings. The van der Waals surface area contributed by atoms with E-state index in [1.807, 2.05) is 72.9 Å². The largest absolute Gasteiger partial charge is 0.455 e.